The Labute approximate surface area is 117 Å². The molecule has 0 spiro atoms. The molecule has 8 heteroatoms. The second kappa shape index (κ2) is 7.39. The van der Waals surface area contributed by atoms with Gasteiger partial charge in [-0.1, -0.05) is 0 Å². The number of aliphatic hydroxyl groups excluding tert-OH is 1. The van der Waals surface area contributed by atoms with E-state index in [0.29, 0.717) is 24.4 Å². The van der Waals surface area contributed by atoms with Crippen molar-refractivity contribution in [2.45, 2.75) is 19.8 Å². The lowest BCUT2D eigenvalue weighted by Crippen LogP contribution is -2.13. The largest absolute Gasteiger partial charge is 0.396 e. The maximum absolute atomic E-state index is 8.76. The smallest absolute Gasteiger partial charge is 0.257 e. The molecule has 0 fully saturated rings. The first-order chi connectivity index (χ1) is 9.83. The van der Waals surface area contributed by atoms with Crippen molar-refractivity contribution in [3.63, 3.8) is 0 Å². The monoisotopic (exact) mass is 277 g/mol. The first-order valence-electron chi connectivity index (χ1n) is 6.68. The number of anilines is 2. The van der Waals surface area contributed by atoms with E-state index in [-0.39, 0.29) is 6.61 Å². The van der Waals surface area contributed by atoms with Crippen LogP contribution in [0.5, 0.6) is 0 Å². The number of nitrogens with one attached hydrogen (secondary N) is 2. The second-order valence-corrected chi connectivity index (χ2v) is 4.12. The molecule has 0 saturated carbocycles. The van der Waals surface area contributed by atoms with Crippen LogP contribution >= 0.6 is 0 Å². The van der Waals surface area contributed by atoms with Crippen molar-refractivity contribution in [2.75, 3.05) is 30.3 Å². The fraction of sp³-hybridized carbons (Fsp3) is 0.500. The van der Waals surface area contributed by atoms with Gasteiger partial charge < -0.3 is 15.7 Å². The minimum Gasteiger partial charge on any atom is -0.396 e. The highest BCUT2D eigenvalue weighted by Gasteiger charge is 2.07. The van der Waals surface area contributed by atoms with Crippen LogP contribution in [0.4, 0.5) is 11.9 Å². The molecule has 108 valence electrons. The van der Waals surface area contributed by atoms with Crippen LogP contribution in [-0.4, -0.2) is 49.5 Å². The highest BCUT2D eigenvalue weighted by molar-refractivity contribution is 5.37. The molecule has 2 rings (SSSR count). The molecular weight excluding hydrogens is 258 g/mol. The summed E-state index contributed by atoms with van der Waals surface area (Å²) in [5.74, 6) is 1.47. The van der Waals surface area contributed by atoms with Crippen molar-refractivity contribution in [3.05, 3.63) is 18.5 Å². The Hall–Kier alpha value is -2.22. The number of nitrogens with zero attached hydrogens (tertiary/aromatic N) is 5. The lowest BCUT2D eigenvalue weighted by Gasteiger charge is -2.09. The van der Waals surface area contributed by atoms with Gasteiger partial charge in [-0.2, -0.15) is 20.1 Å². The average molecular weight is 277 g/mol. The van der Waals surface area contributed by atoms with Crippen LogP contribution in [0.15, 0.2) is 18.5 Å². The summed E-state index contributed by atoms with van der Waals surface area (Å²) in [6, 6.07) is 1.81. The van der Waals surface area contributed by atoms with Gasteiger partial charge in [0.25, 0.3) is 5.95 Å². The lowest BCUT2D eigenvalue weighted by molar-refractivity contribution is 0.286. The fourth-order valence-electron chi connectivity index (χ4n) is 1.61. The molecule has 2 aromatic rings. The van der Waals surface area contributed by atoms with Gasteiger partial charge in [0.1, 0.15) is 0 Å². The number of unbranched alkanes of at least 4 members (excludes halogenated alkanes) is 1. The Morgan fingerprint density at radius 2 is 1.95 bits per heavy atom. The Morgan fingerprint density at radius 3 is 2.60 bits per heavy atom. The molecule has 20 heavy (non-hydrogen) atoms. The fourth-order valence-corrected chi connectivity index (χ4v) is 1.61. The summed E-state index contributed by atoms with van der Waals surface area (Å²) in [6.45, 7) is 3.60. The van der Waals surface area contributed by atoms with E-state index in [9.17, 15) is 0 Å². The highest BCUT2D eigenvalue weighted by atomic mass is 16.2. The van der Waals surface area contributed by atoms with Crippen molar-refractivity contribution in [2.24, 2.45) is 0 Å². The molecule has 2 aromatic heterocycles. The van der Waals surface area contributed by atoms with E-state index < -0.39 is 0 Å². The minimum atomic E-state index is 0.195. The number of aliphatic hydroxyl groups is 1. The SMILES string of the molecule is CCNc1nc(NCCCCO)nc(-n2cccn2)n1. The van der Waals surface area contributed by atoms with Crippen LogP contribution in [0.3, 0.4) is 0 Å². The van der Waals surface area contributed by atoms with Crippen molar-refractivity contribution in [1.29, 1.82) is 0 Å². The minimum absolute atomic E-state index is 0.195. The van der Waals surface area contributed by atoms with E-state index in [1.807, 2.05) is 13.0 Å². The maximum Gasteiger partial charge on any atom is 0.257 e. The molecule has 0 saturated heterocycles. The third kappa shape index (κ3) is 3.89. The predicted octanol–water partition coefficient (Wildman–Crippen LogP) is 0.673. The summed E-state index contributed by atoms with van der Waals surface area (Å²) < 4.78 is 1.58. The van der Waals surface area contributed by atoms with E-state index in [4.69, 9.17) is 5.11 Å². The summed E-state index contributed by atoms with van der Waals surface area (Å²) in [4.78, 5) is 12.9. The molecule has 0 amide bonds. The Morgan fingerprint density at radius 1 is 1.15 bits per heavy atom. The van der Waals surface area contributed by atoms with Crippen molar-refractivity contribution in [3.8, 4) is 5.95 Å². The van der Waals surface area contributed by atoms with Crippen LogP contribution in [0, 0.1) is 0 Å². The molecule has 0 unspecified atom stereocenters. The van der Waals surface area contributed by atoms with Crippen LogP contribution in [0.1, 0.15) is 19.8 Å². The Balaban J connectivity index is 2.13. The zero-order chi connectivity index (χ0) is 14.2. The van der Waals surface area contributed by atoms with Crippen LogP contribution in [-0.2, 0) is 0 Å². The summed E-state index contributed by atoms with van der Waals surface area (Å²) in [7, 11) is 0. The van der Waals surface area contributed by atoms with Gasteiger partial charge in [0, 0.05) is 32.1 Å². The molecule has 0 atom stereocenters. The maximum atomic E-state index is 8.76. The molecule has 0 aliphatic rings. The van der Waals surface area contributed by atoms with Crippen molar-refractivity contribution in [1.82, 2.24) is 24.7 Å². The van der Waals surface area contributed by atoms with Gasteiger partial charge in [0.05, 0.1) is 0 Å². The molecule has 3 N–H and O–H groups in total. The van der Waals surface area contributed by atoms with E-state index in [1.54, 1.807) is 17.1 Å². The summed E-state index contributed by atoms with van der Waals surface area (Å²) in [6.07, 6.45) is 5.06. The van der Waals surface area contributed by atoms with E-state index in [1.165, 1.54) is 0 Å². The van der Waals surface area contributed by atoms with E-state index in [0.717, 1.165) is 19.4 Å². The number of hydrogen-bond donors (Lipinski definition) is 3. The Bertz CT molecular complexity index is 515. The predicted molar refractivity (Wildman–Crippen MR) is 75.9 cm³/mol. The zero-order valence-electron chi connectivity index (χ0n) is 11.5. The summed E-state index contributed by atoms with van der Waals surface area (Å²) in [5.41, 5.74) is 0. The molecule has 2 heterocycles. The van der Waals surface area contributed by atoms with Crippen molar-refractivity contribution >= 4 is 11.9 Å². The van der Waals surface area contributed by atoms with Gasteiger partial charge in [-0.05, 0) is 25.8 Å². The van der Waals surface area contributed by atoms with Crippen LogP contribution < -0.4 is 10.6 Å². The summed E-state index contributed by atoms with van der Waals surface area (Å²) in [5, 5.41) is 19.1. The molecule has 0 bridgehead atoms. The van der Waals surface area contributed by atoms with Crippen LogP contribution in [0.2, 0.25) is 0 Å². The normalized spacial score (nSPS) is 10.5. The zero-order valence-corrected chi connectivity index (χ0v) is 11.5. The first kappa shape index (κ1) is 14.2. The van der Waals surface area contributed by atoms with Crippen LogP contribution in [0.25, 0.3) is 5.95 Å². The van der Waals surface area contributed by atoms with Gasteiger partial charge in [-0.3, -0.25) is 0 Å². The van der Waals surface area contributed by atoms with Gasteiger partial charge in [-0.15, -0.1) is 0 Å². The topological polar surface area (TPSA) is 101 Å². The molecule has 0 aromatic carbocycles. The van der Waals surface area contributed by atoms with Gasteiger partial charge in [0.15, 0.2) is 0 Å². The van der Waals surface area contributed by atoms with E-state index >= 15 is 0 Å². The Kier molecular flexibility index (Phi) is 5.24. The molecule has 8 nitrogen and oxygen atoms in total. The average Bonchev–Trinajstić information content (AvgIpc) is 2.98. The van der Waals surface area contributed by atoms with Crippen molar-refractivity contribution < 1.29 is 5.11 Å². The number of aromatic nitrogens is 5. The van der Waals surface area contributed by atoms with Gasteiger partial charge in [-0.25, -0.2) is 4.68 Å². The third-order valence-electron chi connectivity index (χ3n) is 2.54. The molecule has 0 radical (unpaired) electrons. The van der Waals surface area contributed by atoms with Gasteiger partial charge >= 0.3 is 0 Å². The standard InChI is InChI=1S/C12H19N7O/c1-2-13-10-16-11(14-6-3-4-9-20)18-12(17-10)19-8-5-7-15-19/h5,7-8,20H,2-4,6,9H2,1H3,(H2,13,14,16,17,18). The second-order valence-electron chi connectivity index (χ2n) is 4.12. The third-order valence-corrected chi connectivity index (χ3v) is 2.54. The summed E-state index contributed by atoms with van der Waals surface area (Å²) >= 11 is 0. The lowest BCUT2D eigenvalue weighted by atomic mass is 10.3. The van der Waals surface area contributed by atoms with Gasteiger partial charge in [0.2, 0.25) is 11.9 Å². The number of rotatable bonds is 8. The highest BCUT2D eigenvalue weighted by Crippen LogP contribution is 2.08. The first-order valence-corrected chi connectivity index (χ1v) is 6.68. The number of hydrogen-bond acceptors (Lipinski definition) is 7. The molecule has 0 aliphatic carbocycles. The molecule has 0 aliphatic heterocycles. The molecular formula is C12H19N7O. The quantitative estimate of drug-likeness (QED) is 0.610. The van der Waals surface area contributed by atoms with E-state index in [2.05, 4.69) is 30.7 Å².